The summed E-state index contributed by atoms with van der Waals surface area (Å²) >= 11 is 0. The first kappa shape index (κ1) is 21.9. The molecular weight excluding hydrogens is 400 g/mol. The van der Waals surface area contributed by atoms with Gasteiger partial charge in [0.15, 0.2) is 11.4 Å². The van der Waals surface area contributed by atoms with E-state index < -0.39 is 17.2 Å². The van der Waals surface area contributed by atoms with Crippen LogP contribution in [0.3, 0.4) is 0 Å². The largest absolute Gasteiger partial charge is 0.496 e. The number of benzene rings is 1. The Morgan fingerprint density at radius 1 is 1.23 bits per heavy atom. The number of rotatable bonds is 8. The molecule has 3 rings (SSSR count). The highest BCUT2D eigenvalue weighted by Gasteiger charge is 2.28. The molecule has 0 unspecified atom stereocenters. The summed E-state index contributed by atoms with van der Waals surface area (Å²) in [4.78, 5) is 42.0. The van der Waals surface area contributed by atoms with Crippen molar-refractivity contribution in [2.75, 3.05) is 17.7 Å². The molecule has 0 atom stereocenters. The summed E-state index contributed by atoms with van der Waals surface area (Å²) in [6.07, 6.45) is 1.52. The van der Waals surface area contributed by atoms with Gasteiger partial charge in [0.1, 0.15) is 17.3 Å². The van der Waals surface area contributed by atoms with Crippen LogP contribution in [0.25, 0.3) is 0 Å². The number of hydrogen-bond acceptors (Lipinski definition) is 6. The minimum atomic E-state index is -0.748. The molecule has 0 spiro atoms. The summed E-state index contributed by atoms with van der Waals surface area (Å²) in [5.74, 6) is 0.517. The zero-order chi connectivity index (χ0) is 22.5. The summed E-state index contributed by atoms with van der Waals surface area (Å²) < 4.78 is 12.2. The molecule has 0 radical (unpaired) electrons. The molecular formula is C22H26N4O5. The molecule has 0 fully saturated rings. The molecule has 9 heteroatoms. The third-order valence-corrected chi connectivity index (χ3v) is 4.94. The number of hydrogen-bond donors (Lipinski definition) is 2. The summed E-state index contributed by atoms with van der Waals surface area (Å²) in [7, 11) is 1.52. The number of furan rings is 1. The van der Waals surface area contributed by atoms with Gasteiger partial charge in [0.25, 0.3) is 11.5 Å². The zero-order valence-corrected chi connectivity index (χ0v) is 17.8. The lowest BCUT2D eigenvalue weighted by atomic mass is 10.1. The monoisotopic (exact) mass is 426 g/mol. The number of H-pyrrole nitrogens is 1. The van der Waals surface area contributed by atoms with E-state index in [2.05, 4.69) is 4.98 Å². The molecule has 9 nitrogen and oxygen atoms in total. The van der Waals surface area contributed by atoms with Crippen molar-refractivity contribution in [3.05, 3.63) is 74.3 Å². The first-order valence-corrected chi connectivity index (χ1v) is 10.00. The van der Waals surface area contributed by atoms with Crippen molar-refractivity contribution in [3.63, 3.8) is 0 Å². The van der Waals surface area contributed by atoms with Gasteiger partial charge >= 0.3 is 5.69 Å². The Balaban J connectivity index is 2.17. The fraction of sp³-hybridized carbons (Fsp3) is 0.318. The molecule has 0 bridgehead atoms. The summed E-state index contributed by atoms with van der Waals surface area (Å²) in [6.45, 7) is 4.00. The maximum atomic E-state index is 13.4. The number of amides is 1. The fourth-order valence-corrected chi connectivity index (χ4v) is 3.32. The standard InChI is InChI=1S/C22H26N4O5/c1-4-5-12-25-19(23)18(20(27)24-22(25)29)26(21(28)17-11-10-14(2)31-17)13-15-8-6-7-9-16(15)30-3/h6-11H,4-5,12-13,23H2,1-3H3,(H,24,27,29). The molecule has 0 saturated heterocycles. The number of para-hydroxylation sites is 1. The number of methoxy groups -OCH3 is 1. The molecule has 3 N–H and O–H groups in total. The number of aryl methyl sites for hydroxylation is 1. The van der Waals surface area contributed by atoms with Gasteiger partial charge in [-0.05, 0) is 31.5 Å². The lowest BCUT2D eigenvalue weighted by Gasteiger charge is -2.24. The summed E-state index contributed by atoms with van der Waals surface area (Å²) in [5, 5.41) is 0. The first-order valence-electron chi connectivity index (χ1n) is 10.00. The van der Waals surface area contributed by atoms with Crippen LogP contribution in [0.4, 0.5) is 11.5 Å². The third-order valence-electron chi connectivity index (χ3n) is 4.94. The molecule has 0 aliphatic carbocycles. The topological polar surface area (TPSA) is 124 Å². The molecule has 1 aromatic carbocycles. The number of carbonyl (C=O) groups excluding carboxylic acids is 1. The van der Waals surface area contributed by atoms with Crippen LogP contribution in [0.1, 0.15) is 41.6 Å². The van der Waals surface area contributed by atoms with Gasteiger partial charge in [0, 0.05) is 12.1 Å². The first-order chi connectivity index (χ1) is 14.9. The van der Waals surface area contributed by atoms with Crippen molar-refractivity contribution in [1.29, 1.82) is 0 Å². The van der Waals surface area contributed by atoms with Crippen molar-refractivity contribution in [3.8, 4) is 5.75 Å². The second kappa shape index (κ2) is 9.38. The maximum absolute atomic E-state index is 13.4. The van der Waals surface area contributed by atoms with Crippen LogP contribution < -0.4 is 26.6 Å². The van der Waals surface area contributed by atoms with E-state index in [0.717, 1.165) is 6.42 Å². The highest BCUT2D eigenvalue weighted by Crippen LogP contribution is 2.26. The van der Waals surface area contributed by atoms with Crippen LogP contribution in [0.15, 0.2) is 50.4 Å². The second-order valence-electron chi connectivity index (χ2n) is 7.11. The highest BCUT2D eigenvalue weighted by atomic mass is 16.5. The molecule has 2 heterocycles. The highest BCUT2D eigenvalue weighted by molar-refractivity contribution is 6.05. The van der Waals surface area contributed by atoms with E-state index >= 15 is 0 Å². The Hall–Kier alpha value is -3.75. The Morgan fingerprint density at radius 2 is 1.97 bits per heavy atom. The predicted octanol–water partition coefficient (Wildman–Crippen LogP) is 2.68. The lowest BCUT2D eigenvalue weighted by molar-refractivity contribution is 0.0956. The van der Waals surface area contributed by atoms with Gasteiger partial charge in [-0.3, -0.25) is 24.0 Å². The smallest absolute Gasteiger partial charge is 0.330 e. The number of unbranched alkanes of at least 4 members (excludes halogenated alkanes) is 1. The number of nitrogen functional groups attached to an aromatic ring is 1. The van der Waals surface area contributed by atoms with Crippen molar-refractivity contribution in [1.82, 2.24) is 9.55 Å². The van der Waals surface area contributed by atoms with Crippen molar-refractivity contribution < 1.29 is 13.9 Å². The number of carbonyl (C=O) groups is 1. The van der Waals surface area contributed by atoms with Crippen LogP contribution >= 0.6 is 0 Å². The Morgan fingerprint density at radius 3 is 2.61 bits per heavy atom. The molecule has 164 valence electrons. The number of anilines is 2. The number of nitrogens with two attached hydrogens (primary N) is 1. The Labute approximate surface area is 179 Å². The summed E-state index contributed by atoms with van der Waals surface area (Å²) in [5.41, 5.74) is 5.45. The third kappa shape index (κ3) is 4.55. The number of aromatic nitrogens is 2. The quantitative estimate of drug-likeness (QED) is 0.571. The van der Waals surface area contributed by atoms with E-state index in [9.17, 15) is 14.4 Å². The van der Waals surface area contributed by atoms with Gasteiger partial charge in [-0.15, -0.1) is 0 Å². The number of nitrogens with one attached hydrogen (secondary N) is 1. The molecule has 3 aromatic rings. The van der Waals surface area contributed by atoms with Crippen LogP contribution in [-0.4, -0.2) is 22.6 Å². The van der Waals surface area contributed by atoms with E-state index in [-0.39, 0.29) is 23.8 Å². The predicted molar refractivity (Wildman–Crippen MR) is 118 cm³/mol. The molecule has 0 aliphatic heterocycles. The Kier molecular flexibility index (Phi) is 6.64. The van der Waals surface area contributed by atoms with Crippen LogP contribution in [0.5, 0.6) is 5.75 Å². The van der Waals surface area contributed by atoms with E-state index in [4.69, 9.17) is 14.9 Å². The number of aromatic amines is 1. The summed E-state index contributed by atoms with van der Waals surface area (Å²) in [6, 6.07) is 10.3. The molecule has 31 heavy (non-hydrogen) atoms. The zero-order valence-electron chi connectivity index (χ0n) is 17.8. The van der Waals surface area contributed by atoms with Crippen molar-refractivity contribution in [2.24, 2.45) is 0 Å². The lowest BCUT2D eigenvalue weighted by Crippen LogP contribution is -2.41. The van der Waals surface area contributed by atoms with Gasteiger partial charge in [-0.1, -0.05) is 31.5 Å². The molecule has 2 aromatic heterocycles. The van der Waals surface area contributed by atoms with Crippen molar-refractivity contribution >= 4 is 17.4 Å². The fourth-order valence-electron chi connectivity index (χ4n) is 3.32. The van der Waals surface area contributed by atoms with Crippen LogP contribution in [-0.2, 0) is 13.1 Å². The SMILES string of the molecule is CCCCn1c(N)c(N(Cc2ccccc2OC)C(=O)c2ccc(C)o2)c(=O)[nH]c1=O. The van der Waals surface area contributed by atoms with Crippen molar-refractivity contribution in [2.45, 2.75) is 39.8 Å². The Bertz CT molecular complexity index is 1190. The number of nitrogens with zero attached hydrogens (tertiary/aromatic N) is 2. The minimum Gasteiger partial charge on any atom is -0.496 e. The van der Waals surface area contributed by atoms with Gasteiger partial charge in [0.05, 0.1) is 13.7 Å². The van der Waals surface area contributed by atoms with Gasteiger partial charge in [0.2, 0.25) is 0 Å². The minimum absolute atomic E-state index is 0.0120. The second-order valence-corrected chi connectivity index (χ2v) is 7.11. The van der Waals surface area contributed by atoms with E-state index in [0.29, 0.717) is 30.0 Å². The van der Waals surface area contributed by atoms with E-state index in [1.165, 1.54) is 22.6 Å². The molecule has 0 aliphatic rings. The number of ether oxygens (including phenoxy) is 1. The van der Waals surface area contributed by atoms with Gasteiger partial charge < -0.3 is 14.9 Å². The van der Waals surface area contributed by atoms with E-state index in [1.807, 2.05) is 6.92 Å². The molecule has 0 saturated carbocycles. The van der Waals surface area contributed by atoms with Crippen LogP contribution in [0, 0.1) is 6.92 Å². The van der Waals surface area contributed by atoms with Gasteiger partial charge in [-0.25, -0.2) is 4.79 Å². The average molecular weight is 426 g/mol. The van der Waals surface area contributed by atoms with E-state index in [1.54, 1.807) is 37.3 Å². The molecule has 1 amide bonds. The average Bonchev–Trinajstić information content (AvgIpc) is 3.18. The van der Waals surface area contributed by atoms with Gasteiger partial charge in [-0.2, -0.15) is 0 Å². The maximum Gasteiger partial charge on any atom is 0.330 e. The normalized spacial score (nSPS) is 10.8. The van der Waals surface area contributed by atoms with Crippen LogP contribution in [0.2, 0.25) is 0 Å².